The topological polar surface area (TPSA) is 129 Å². The molecule has 0 unspecified atom stereocenters. The molecule has 0 aliphatic carbocycles. The average molecular weight is 490 g/mol. The van der Waals surface area contributed by atoms with Crippen LogP contribution in [0.25, 0.3) is 11.8 Å². The third kappa shape index (κ3) is 4.22. The highest BCUT2D eigenvalue weighted by molar-refractivity contribution is 7.80. The van der Waals surface area contributed by atoms with Gasteiger partial charge in [-0.1, -0.05) is 18.2 Å². The number of nitrogens with one attached hydrogen (secondary N) is 1. The van der Waals surface area contributed by atoms with E-state index < -0.39 is 23.8 Å². The first kappa shape index (κ1) is 23.6. The Morgan fingerprint density at radius 2 is 1.69 bits per heavy atom. The molecule has 2 aromatic carbocycles. The van der Waals surface area contributed by atoms with Crippen LogP contribution in [0, 0.1) is 13.8 Å². The molecule has 176 valence electrons. The van der Waals surface area contributed by atoms with Crippen molar-refractivity contribution in [3.05, 3.63) is 88.2 Å². The van der Waals surface area contributed by atoms with Gasteiger partial charge in [-0.15, -0.1) is 0 Å². The summed E-state index contributed by atoms with van der Waals surface area (Å²) in [6.07, 6.45) is 1.41. The predicted octanol–water partition coefficient (Wildman–Crippen LogP) is 3.32. The molecule has 0 spiro atoms. The van der Waals surface area contributed by atoms with Crippen LogP contribution in [-0.2, 0) is 9.59 Å². The minimum absolute atomic E-state index is 0.0406. The Bertz CT molecular complexity index is 1470. The number of carboxylic acid groups (broad SMARTS) is 2. The molecule has 0 bridgehead atoms. The van der Waals surface area contributed by atoms with E-state index in [0.717, 1.165) is 4.90 Å². The van der Waals surface area contributed by atoms with Crippen molar-refractivity contribution in [2.75, 3.05) is 4.90 Å². The number of benzene rings is 2. The summed E-state index contributed by atoms with van der Waals surface area (Å²) in [6, 6.07) is 13.9. The number of aromatic carboxylic acids is 2. The number of amides is 2. The Kier molecular flexibility index (Phi) is 6.06. The van der Waals surface area contributed by atoms with E-state index in [-0.39, 0.29) is 27.5 Å². The van der Waals surface area contributed by atoms with Crippen LogP contribution >= 0.6 is 12.2 Å². The van der Waals surface area contributed by atoms with E-state index in [0.29, 0.717) is 22.6 Å². The van der Waals surface area contributed by atoms with Crippen molar-refractivity contribution in [1.82, 2.24) is 9.88 Å². The number of carbonyl (C=O) groups excluding carboxylic acids is 2. The maximum absolute atomic E-state index is 13.3. The van der Waals surface area contributed by atoms with Crippen LogP contribution in [0.4, 0.5) is 5.69 Å². The SMILES string of the molecule is Cc1cc(C=C2C(=O)NC(=S)N(c3cccc(C(=O)O)c3)C2=O)c(C)n1-c1ccccc1C(=O)O. The zero-order valence-electron chi connectivity index (χ0n) is 18.6. The van der Waals surface area contributed by atoms with Crippen molar-refractivity contribution < 1.29 is 29.4 Å². The summed E-state index contributed by atoms with van der Waals surface area (Å²) < 4.78 is 1.74. The number of aromatic nitrogens is 1. The van der Waals surface area contributed by atoms with Gasteiger partial charge < -0.3 is 14.8 Å². The van der Waals surface area contributed by atoms with E-state index in [2.05, 4.69) is 5.32 Å². The first-order chi connectivity index (χ1) is 16.6. The molecular formula is C25H19N3O6S. The first-order valence-corrected chi connectivity index (χ1v) is 10.8. The molecular weight excluding hydrogens is 470 g/mol. The van der Waals surface area contributed by atoms with Crippen LogP contribution in [-0.4, -0.2) is 43.6 Å². The Morgan fingerprint density at radius 3 is 2.37 bits per heavy atom. The molecule has 9 nitrogen and oxygen atoms in total. The molecule has 0 saturated carbocycles. The number of nitrogens with zero attached hydrogens (tertiary/aromatic N) is 2. The lowest BCUT2D eigenvalue weighted by Crippen LogP contribution is -2.54. The number of hydrogen-bond acceptors (Lipinski definition) is 5. The zero-order valence-corrected chi connectivity index (χ0v) is 19.4. The Hall–Kier alpha value is -4.57. The van der Waals surface area contributed by atoms with E-state index in [1.165, 1.54) is 36.4 Å². The second kappa shape index (κ2) is 8.99. The summed E-state index contributed by atoms with van der Waals surface area (Å²) in [5.41, 5.74) is 2.37. The van der Waals surface area contributed by atoms with Gasteiger partial charge in [0.15, 0.2) is 5.11 Å². The van der Waals surface area contributed by atoms with Crippen LogP contribution in [0.1, 0.15) is 37.7 Å². The number of carbonyl (C=O) groups is 4. The molecule has 3 aromatic rings. The van der Waals surface area contributed by atoms with Crippen LogP contribution in [0.15, 0.2) is 60.2 Å². The van der Waals surface area contributed by atoms with Gasteiger partial charge in [-0.2, -0.15) is 0 Å². The second-order valence-corrected chi connectivity index (χ2v) is 8.18. The molecule has 4 rings (SSSR count). The number of thiocarbonyl (C=S) groups is 1. The normalized spacial score (nSPS) is 14.9. The molecule has 10 heteroatoms. The van der Waals surface area contributed by atoms with E-state index in [9.17, 15) is 29.4 Å². The number of hydrogen-bond donors (Lipinski definition) is 3. The molecule has 1 aliphatic rings. The van der Waals surface area contributed by atoms with Crippen molar-refractivity contribution in [2.45, 2.75) is 13.8 Å². The molecule has 1 saturated heterocycles. The molecule has 2 heterocycles. The summed E-state index contributed by atoms with van der Waals surface area (Å²) in [5.74, 6) is -3.66. The number of rotatable bonds is 5. The third-order valence-electron chi connectivity index (χ3n) is 5.60. The minimum Gasteiger partial charge on any atom is -0.478 e. The molecule has 1 aromatic heterocycles. The van der Waals surface area contributed by atoms with Crippen LogP contribution in [0.5, 0.6) is 0 Å². The molecule has 2 amide bonds. The van der Waals surface area contributed by atoms with Crippen LogP contribution < -0.4 is 10.2 Å². The predicted molar refractivity (Wildman–Crippen MR) is 132 cm³/mol. The fourth-order valence-electron chi connectivity index (χ4n) is 3.98. The molecule has 1 fully saturated rings. The van der Waals surface area contributed by atoms with E-state index >= 15 is 0 Å². The lowest BCUT2D eigenvalue weighted by Gasteiger charge is -2.29. The molecule has 0 atom stereocenters. The number of carboxylic acids is 2. The molecule has 35 heavy (non-hydrogen) atoms. The van der Waals surface area contributed by atoms with E-state index in [1.807, 2.05) is 0 Å². The highest BCUT2D eigenvalue weighted by atomic mass is 32.1. The number of para-hydroxylation sites is 1. The van der Waals surface area contributed by atoms with Gasteiger partial charge in [-0.3, -0.25) is 19.8 Å². The van der Waals surface area contributed by atoms with E-state index in [1.54, 1.807) is 42.7 Å². The van der Waals surface area contributed by atoms with Gasteiger partial charge in [0.1, 0.15) is 5.57 Å². The van der Waals surface area contributed by atoms with Gasteiger partial charge in [0, 0.05) is 11.4 Å². The summed E-state index contributed by atoms with van der Waals surface area (Å²) in [7, 11) is 0. The average Bonchev–Trinajstić information content (AvgIpc) is 3.09. The van der Waals surface area contributed by atoms with Crippen molar-refractivity contribution in [2.24, 2.45) is 0 Å². The Labute approximate surface area is 204 Å². The van der Waals surface area contributed by atoms with Gasteiger partial charge in [0.2, 0.25) is 0 Å². The van der Waals surface area contributed by atoms with Crippen molar-refractivity contribution in [3.8, 4) is 5.69 Å². The Morgan fingerprint density at radius 1 is 0.971 bits per heavy atom. The van der Waals surface area contributed by atoms with E-state index in [4.69, 9.17) is 12.2 Å². The fourth-order valence-corrected chi connectivity index (χ4v) is 4.26. The standard InChI is InChI=1S/C25H19N3O6S/c1-13-10-16(14(2)27(13)20-9-4-3-8-18(20)24(33)34)12-19-21(29)26-25(35)28(22(19)30)17-7-5-6-15(11-17)23(31)32/h3-12H,1-2H3,(H,31,32)(H,33,34)(H,26,29,35). The van der Waals surface area contributed by atoms with Crippen molar-refractivity contribution in [3.63, 3.8) is 0 Å². The van der Waals surface area contributed by atoms with Crippen LogP contribution in [0.2, 0.25) is 0 Å². The first-order valence-electron chi connectivity index (χ1n) is 10.4. The summed E-state index contributed by atoms with van der Waals surface area (Å²) >= 11 is 5.18. The molecule has 1 aliphatic heterocycles. The summed E-state index contributed by atoms with van der Waals surface area (Å²) in [6.45, 7) is 3.54. The summed E-state index contributed by atoms with van der Waals surface area (Å²) in [4.78, 5) is 50.2. The minimum atomic E-state index is -1.17. The zero-order chi connectivity index (χ0) is 25.4. The molecule has 3 N–H and O–H groups in total. The van der Waals surface area contributed by atoms with Crippen molar-refractivity contribution in [1.29, 1.82) is 0 Å². The smallest absolute Gasteiger partial charge is 0.337 e. The molecule has 0 radical (unpaired) electrons. The lowest BCUT2D eigenvalue weighted by molar-refractivity contribution is -0.122. The monoisotopic (exact) mass is 489 g/mol. The summed E-state index contributed by atoms with van der Waals surface area (Å²) in [5, 5.41) is 21.2. The van der Waals surface area contributed by atoms with Gasteiger partial charge >= 0.3 is 11.9 Å². The fraction of sp³-hybridized carbons (Fsp3) is 0.0800. The maximum Gasteiger partial charge on any atom is 0.337 e. The van der Waals surface area contributed by atoms with Gasteiger partial charge in [0.05, 0.1) is 22.5 Å². The largest absolute Gasteiger partial charge is 0.478 e. The maximum atomic E-state index is 13.3. The highest BCUT2D eigenvalue weighted by Gasteiger charge is 2.35. The number of anilines is 1. The van der Waals surface area contributed by atoms with Crippen molar-refractivity contribution >= 4 is 52.8 Å². The van der Waals surface area contributed by atoms with Gasteiger partial charge in [0.25, 0.3) is 11.8 Å². The third-order valence-corrected chi connectivity index (χ3v) is 5.88. The van der Waals surface area contributed by atoms with Crippen LogP contribution in [0.3, 0.4) is 0 Å². The Balaban J connectivity index is 1.79. The second-order valence-electron chi connectivity index (χ2n) is 7.80. The van der Waals surface area contributed by atoms with Gasteiger partial charge in [-0.05, 0) is 74.1 Å². The highest BCUT2D eigenvalue weighted by Crippen LogP contribution is 2.27. The quantitative estimate of drug-likeness (QED) is 0.285. The van der Waals surface area contributed by atoms with Gasteiger partial charge in [-0.25, -0.2) is 9.59 Å². The lowest BCUT2D eigenvalue weighted by atomic mass is 10.1. The number of aryl methyl sites for hydroxylation is 1.